The van der Waals surface area contributed by atoms with Gasteiger partial charge in [0, 0.05) is 19.8 Å². The lowest BCUT2D eigenvalue weighted by molar-refractivity contribution is -0.166. The highest BCUT2D eigenvalue weighted by Crippen LogP contribution is 2.33. The first kappa shape index (κ1) is 7.54. The molecular weight excluding hydrogens is 132 g/mol. The Balaban J connectivity index is 2.21. The maximum atomic E-state index is 10.4. The summed E-state index contributed by atoms with van der Waals surface area (Å²) in [7, 11) is 0. The average molecular weight is 144 g/mol. The zero-order chi connectivity index (χ0) is 7.78. The van der Waals surface area contributed by atoms with Gasteiger partial charge in [0.05, 0.1) is 5.60 Å². The van der Waals surface area contributed by atoms with Gasteiger partial charge in [-0.15, -0.1) is 0 Å². The zero-order valence-electron chi connectivity index (χ0n) is 6.26. The number of carbonyl (C=O) groups is 1. The normalized spacial score (nSPS) is 38.5. The molecule has 0 bridgehead atoms. The largest absolute Gasteiger partial charge is 0.462 e. The molecule has 0 spiro atoms. The van der Waals surface area contributed by atoms with Crippen LogP contribution in [0.1, 0.15) is 26.7 Å². The first-order valence-corrected chi connectivity index (χ1v) is 3.39. The maximum absolute atomic E-state index is 10.4. The van der Waals surface area contributed by atoms with Gasteiger partial charge in [0.1, 0.15) is 6.10 Å². The molecule has 0 aliphatic heterocycles. The monoisotopic (exact) mass is 144 g/mol. The smallest absolute Gasteiger partial charge is 0.302 e. The minimum atomic E-state index is -0.597. The summed E-state index contributed by atoms with van der Waals surface area (Å²) < 4.78 is 4.82. The lowest BCUT2D eigenvalue weighted by Crippen LogP contribution is -2.46. The van der Waals surface area contributed by atoms with Crippen molar-refractivity contribution in [1.82, 2.24) is 0 Å². The van der Waals surface area contributed by atoms with Gasteiger partial charge in [0.2, 0.25) is 0 Å². The van der Waals surface area contributed by atoms with Gasteiger partial charge in [-0.3, -0.25) is 4.79 Å². The minimum Gasteiger partial charge on any atom is -0.462 e. The Morgan fingerprint density at radius 2 is 2.20 bits per heavy atom. The molecule has 1 fully saturated rings. The van der Waals surface area contributed by atoms with E-state index in [9.17, 15) is 9.90 Å². The summed E-state index contributed by atoms with van der Waals surface area (Å²) >= 11 is 0. The lowest BCUT2D eigenvalue weighted by Gasteiger charge is -2.39. The van der Waals surface area contributed by atoms with E-state index in [0.29, 0.717) is 12.8 Å². The molecule has 1 aliphatic rings. The third kappa shape index (κ3) is 1.70. The van der Waals surface area contributed by atoms with Gasteiger partial charge in [0.25, 0.3) is 0 Å². The summed E-state index contributed by atoms with van der Waals surface area (Å²) in [5.74, 6) is -0.263. The first-order valence-electron chi connectivity index (χ1n) is 3.39. The standard InChI is InChI=1S/C7H12O3/c1-5(8)10-6-3-7(2,9)4-6/h6,9H,3-4H2,1-2H3. The van der Waals surface area contributed by atoms with Gasteiger partial charge < -0.3 is 9.84 Å². The van der Waals surface area contributed by atoms with Crippen LogP contribution in [0.4, 0.5) is 0 Å². The molecule has 3 heteroatoms. The molecule has 1 rings (SSSR count). The number of hydrogen-bond acceptors (Lipinski definition) is 3. The number of esters is 1. The fourth-order valence-electron chi connectivity index (χ4n) is 1.24. The Morgan fingerprint density at radius 3 is 2.50 bits per heavy atom. The molecule has 1 saturated carbocycles. The quantitative estimate of drug-likeness (QED) is 0.544. The highest BCUT2D eigenvalue weighted by atomic mass is 16.5. The Kier molecular flexibility index (Phi) is 1.68. The van der Waals surface area contributed by atoms with E-state index in [-0.39, 0.29) is 12.1 Å². The van der Waals surface area contributed by atoms with Crippen LogP contribution in [0.25, 0.3) is 0 Å². The van der Waals surface area contributed by atoms with Crippen LogP contribution in [0.5, 0.6) is 0 Å². The SMILES string of the molecule is CC(=O)OC1CC(C)(O)C1. The van der Waals surface area contributed by atoms with Crippen molar-refractivity contribution in [2.24, 2.45) is 0 Å². The van der Waals surface area contributed by atoms with Crippen LogP contribution in [-0.4, -0.2) is 22.8 Å². The van der Waals surface area contributed by atoms with Gasteiger partial charge in [-0.1, -0.05) is 0 Å². The maximum Gasteiger partial charge on any atom is 0.302 e. The summed E-state index contributed by atoms with van der Waals surface area (Å²) in [6.45, 7) is 3.13. The Labute approximate surface area is 60.0 Å². The van der Waals surface area contributed by atoms with Crippen molar-refractivity contribution in [3.8, 4) is 0 Å². The molecule has 58 valence electrons. The number of rotatable bonds is 1. The van der Waals surface area contributed by atoms with E-state index in [0.717, 1.165) is 0 Å². The van der Waals surface area contributed by atoms with Gasteiger partial charge in [-0.2, -0.15) is 0 Å². The number of carbonyl (C=O) groups excluding carboxylic acids is 1. The predicted molar refractivity (Wildman–Crippen MR) is 35.4 cm³/mol. The third-order valence-electron chi connectivity index (χ3n) is 1.67. The fourth-order valence-corrected chi connectivity index (χ4v) is 1.24. The first-order chi connectivity index (χ1) is 4.49. The second kappa shape index (κ2) is 2.23. The predicted octanol–water partition coefficient (Wildman–Crippen LogP) is 0.463. The van der Waals surface area contributed by atoms with E-state index in [2.05, 4.69) is 0 Å². The molecule has 0 amide bonds. The van der Waals surface area contributed by atoms with Crippen molar-refractivity contribution in [3.05, 3.63) is 0 Å². The second-order valence-electron chi connectivity index (χ2n) is 3.14. The zero-order valence-corrected chi connectivity index (χ0v) is 6.26. The molecule has 1 N–H and O–H groups in total. The van der Waals surface area contributed by atoms with Crippen molar-refractivity contribution in [2.75, 3.05) is 0 Å². The van der Waals surface area contributed by atoms with Crippen molar-refractivity contribution < 1.29 is 14.6 Å². The van der Waals surface area contributed by atoms with Crippen LogP contribution in [0, 0.1) is 0 Å². The van der Waals surface area contributed by atoms with Crippen LogP contribution in [-0.2, 0) is 9.53 Å². The van der Waals surface area contributed by atoms with E-state index < -0.39 is 5.60 Å². The molecule has 0 saturated heterocycles. The molecule has 0 aromatic rings. The van der Waals surface area contributed by atoms with Gasteiger partial charge >= 0.3 is 5.97 Å². The molecular formula is C7H12O3. The summed E-state index contributed by atoms with van der Waals surface area (Å²) in [5, 5.41) is 9.21. The van der Waals surface area contributed by atoms with E-state index in [4.69, 9.17) is 4.74 Å². The number of aliphatic hydroxyl groups is 1. The van der Waals surface area contributed by atoms with Crippen LogP contribution in [0.15, 0.2) is 0 Å². The summed E-state index contributed by atoms with van der Waals surface area (Å²) in [6, 6.07) is 0. The molecule has 0 heterocycles. The molecule has 0 atom stereocenters. The highest BCUT2D eigenvalue weighted by molar-refractivity contribution is 5.66. The van der Waals surface area contributed by atoms with E-state index in [1.165, 1.54) is 6.92 Å². The van der Waals surface area contributed by atoms with Crippen LogP contribution in [0.3, 0.4) is 0 Å². The average Bonchev–Trinajstić information content (AvgIpc) is 1.57. The topological polar surface area (TPSA) is 46.5 Å². The minimum absolute atomic E-state index is 0.0486. The second-order valence-corrected chi connectivity index (χ2v) is 3.14. The van der Waals surface area contributed by atoms with Crippen molar-refractivity contribution in [2.45, 2.75) is 38.4 Å². The molecule has 0 aromatic carbocycles. The third-order valence-corrected chi connectivity index (χ3v) is 1.67. The van der Waals surface area contributed by atoms with Crippen molar-refractivity contribution >= 4 is 5.97 Å². The molecule has 10 heavy (non-hydrogen) atoms. The molecule has 0 unspecified atom stereocenters. The van der Waals surface area contributed by atoms with Crippen LogP contribution < -0.4 is 0 Å². The molecule has 0 aromatic heterocycles. The fraction of sp³-hybridized carbons (Fsp3) is 0.857. The summed E-state index contributed by atoms with van der Waals surface area (Å²) in [6.07, 6.45) is 1.10. The Hall–Kier alpha value is -0.570. The number of hydrogen-bond donors (Lipinski definition) is 1. The van der Waals surface area contributed by atoms with Gasteiger partial charge in [-0.25, -0.2) is 0 Å². The van der Waals surface area contributed by atoms with Crippen LogP contribution >= 0.6 is 0 Å². The summed E-state index contributed by atoms with van der Waals surface area (Å²) in [5.41, 5.74) is -0.597. The Bertz CT molecular complexity index is 143. The van der Waals surface area contributed by atoms with E-state index >= 15 is 0 Å². The van der Waals surface area contributed by atoms with Gasteiger partial charge in [0.15, 0.2) is 0 Å². The van der Waals surface area contributed by atoms with Crippen molar-refractivity contribution in [1.29, 1.82) is 0 Å². The molecule has 1 aliphatic carbocycles. The van der Waals surface area contributed by atoms with Crippen molar-refractivity contribution in [3.63, 3.8) is 0 Å². The van der Waals surface area contributed by atoms with Gasteiger partial charge in [-0.05, 0) is 6.92 Å². The Morgan fingerprint density at radius 1 is 1.70 bits per heavy atom. The molecule has 0 radical (unpaired) electrons. The highest BCUT2D eigenvalue weighted by Gasteiger charge is 2.40. The molecule has 3 nitrogen and oxygen atoms in total. The van der Waals surface area contributed by atoms with E-state index in [1.807, 2.05) is 0 Å². The van der Waals surface area contributed by atoms with Crippen LogP contribution in [0.2, 0.25) is 0 Å². The van der Waals surface area contributed by atoms with E-state index in [1.54, 1.807) is 6.92 Å². The lowest BCUT2D eigenvalue weighted by atomic mass is 9.79. The summed E-state index contributed by atoms with van der Waals surface area (Å²) in [4.78, 5) is 10.4. The number of ether oxygens (including phenoxy) is 1.